The lowest BCUT2D eigenvalue weighted by Gasteiger charge is -2.27. The number of rotatable bonds is 3. The molecule has 0 unspecified atom stereocenters. The molecule has 0 aliphatic carbocycles. The first-order valence-corrected chi connectivity index (χ1v) is 11.2. The minimum atomic E-state index is -4.00. The number of anilines is 1. The second-order valence-electron chi connectivity index (χ2n) is 7.36. The van der Waals surface area contributed by atoms with Crippen LogP contribution in [-0.4, -0.2) is 25.9 Å². The molecule has 0 bridgehead atoms. The van der Waals surface area contributed by atoms with Crippen LogP contribution in [0.4, 0.5) is 10.1 Å². The summed E-state index contributed by atoms with van der Waals surface area (Å²) in [7, 11) is -4.00. The molecule has 4 nitrogen and oxygen atoms in total. The van der Waals surface area contributed by atoms with Gasteiger partial charge in [-0.1, -0.05) is 56.8 Å². The van der Waals surface area contributed by atoms with Crippen LogP contribution in [0.2, 0.25) is 0 Å². The summed E-state index contributed by atoms with van der Waals surface area (Å²) >= 11 is 1.33. The monoisotopic (exact) mass is 406 g/mol. The molecule has 0 aromatic heterocycles. The predicted octanol–water partition coefficient (Wildman–Crippen LogP) is 4.81. The third-order valence-electron chi connectivity index (χ3n) is 4.28. The molecule has 2 aromatic carbocycles. The molecule has 0 amide bonds. The zero-order valence-electron chi connectivity index (χ0n) is 15.6. The maximum Gasteiger partial charge on any atom is 0.270 e. The molecule has 1 aliphatic heterocycles. The zero-order valence-corrected chi connectivity index (χ0v) is 17.3. The Morgan fingerprint density at radius 3 is 2.30 bits per heavy atom. The Morgan fingerprint density at radius 2 is 1.74 bits per heavy atom. The van der Waals surface area contributed by atoms with E-state index in [0.29, 0.717) is 11.7 Å². The molecule has 0 fully saturated rings. The van der Waals surface area contributed by atoms with Crippen LogP contribution in [0.5, 0.6) is 0 Å². The standard InChI is InChI=1S/C20H23FN2O2S2/c1-20(2,3)15-9-11-16(12-10-15)27(24,25)23(19-22-13-6-14-26-19)18-8-5-4-7-17(18)21/h4-5,7-12H,6,13-14H2,1-3H3. The molecule has 0 spiro atoms. The Kier molecular flexibility index (Phi) is 5.63. The van der Waals surface area contributed by atoms with Crippen molar-refractivity contribution in [3.8, 4) is 0 Å². The summed E-state index contributed by atoms with van der Waals surface area (Å²) in [5, 5.41) is 0.311. The van der Waals surface area contributed by atoms with Gasteiger partial charge >= 0.3 is 0 Å². The summed E-state index contributed by atoms with van der Waals surface area (Å²) in [5.41, 5.74) is 0.936. The highest BCUT2D eigenvalue weighted by molar-refractivity contribution is 8.15. The fourth-order valence-corrected chi connectivity index (χ4v) is 5.42. The van der Waals surface area contributed by atoms with Gasteiger partial charge in [-0.25, -0.2) is 17.1 Å². The number of para-hydroxylation sites is 1. The Balaban J connectivity index is 2.11. The van der Waals surface area contributed by atoms with E-state index >= 15 is 0 Å². The number of hydrogen-bond donors (Lipinski definition) is 0. The Labute approximate surface area is 164 Å². The Bertz CT molecular complexity index is 949. The normalized spacial score (nSPS) is 15.3. The molecule has 0 saturated carbocycles. The van der Waals surface area contributed by atoms with E-state index in [2.05, 4.69) is 25.8 Å². The van der Waals surface area contributed by atoms with Gasteiger partial charge in [0.05, 0.1) is 10.6 Å². The van der Waals surface area contributed by atoms with Crippen molar-refractivity contribution >= 4 is 32.6 Å². The summed E-state index contributed by atoms with van der Waals surface area (Å²) in [6, 6.07) is 12.7. The van der Waals surface area contributed by atoms with Crippen LogP contribution in [-0.2, 0) is 15.4 Å². The molecule has 27 heavy (non-hydrogen) atoms. The smallest absolute Gasteiger partial charge is 0.261 e. The maximum absolute atomic E-state index is 14.5. The van der Waals surface area contributed by atoms with Gasteiger partial charge in [-0.3, -0.25) is 4.99 Å². The molecule has 144 valence electrons. The van der Waals surface area contributed by atoms with Crippen LogP contribution in [0, 0.1) is 5.82 Å². The van der Waals surface area contributed by atoms with Crippen molar-refractivity contribution in [2.24, 2.45) is 4.99 Å². The summed E-state index contributed by atoms with van der Waals surface area (Å²) in [6.45, 7) is 6.73. The third kappa shape index (κ3) is 4.19. The van der Waals surface area contributed by atoms with Crippen molar-refractivity contribution in [2.45, 2.75) is 37.5 Å². The zero-order chi connectivity index (χ0) is 19.7. The van der Waals surface area contributed by atoms with Crippen molar-refractivity contribution in [3.63, 3.8) is 0 Å². The van der Waals surface area contributed by atoms with Crippen molar-refractivity contribution in [1.82, 2.24) is 0 Å². The quantitative estimate of drug-likeness (QED) is 0.735. The lowest BCUT2D eigenvalue weighted by atomic mass is 9.87. The summed E-state index contributed by atoms with van der Waals surface area (Å²) < 4.78 is 42.4. The van der Waals surface area contributed by atoms with Gasteiger partial charge in [-0.05, 0) is 41.7 Å². The molecular formula is C20H23FN2O2S2. The highest BCUT2D eigenvalue weighted by Crippen LogP contribution is 2.32. The summed E-state index contributed by atoms with van der Waals surface area (Å²) in [6.07, 6.45) is 0.875. The first-order chi connectivity index (χ1) is 12.7. The van der Waals surface area contributed by atoms with Crippen molar-refractivity contribution in [1.29, 1.82) is 0 Å². The number of sulfonamides is 1. The second kappa shape index (κ2) is 7.64. The summed E-state index contributed by atoms with van der Waals surface area (Å²) in [4.78, 5) is 4.47. The van der Waals surface area contributed by atoms with Gasteiger partial charge in [0.1, 0.15) is 5.82 Å². The molecular weight excluding hydrogens is 383 g/mol. The number of benzene rings is 2. The van der Waals surface area contributed by atoms with E-state index in [9.17, 15) is 12.8 Å². The minimum Gasteiger partial charge on any atom is -0.261 e. The largest absolute Gasteiger partial charge is 0.270 e. The Hall–Kier alpha value is -1.86. The van der Waals surface area contributed by atoms with Crippen LogP contribution in [0.25, 0.3) is 0 Å². The first-order valence-electron chi connectivity index (χ1n) is 8.79. The van der Waals surface area contributed by atoms with Gasteiger partial charge in [0.15, 0.2) is 5.17 Å². The molecule has 1 heterocycles. The highest BCUT2D eigenvalue weighted by atomic mass is 32.2. The van der Waals surface area contributed by atoms with Crippen molar-refractivity contribution in [2.75, 3.05) is 16.6 Å². The average Bonchev–Trinajstić information content (AvgIpc) is 2.64. The van der Waals surface area contributed by atoms with Crippen LogP contribution in [0.3, 0.4) is 0 Å². The van der Waals surface area contributed by atoms with Gasteiger partial charge in [-0.15, -0.1) is 0 Å². The van der Waals surface area contributed by atoms with Gasteiger partial charge in [0.2, 0.25) is 0 Å². The van der Waals surface area contributed by atoms with Gasteiger partial charge < -0.3 is 0 Å². The number of hydrogen-bond acceptors (Lipinski definition) is 4. The number of aliphatic imine (C=N–C) groups is 1. The lowest BCUT2D eigenvalue weighted by Crippen LogP contribution is -2.37. The van der Waals surface area contributed by atoms with E-state index in [4.69, 9.17) is 0 Å². The van der Waals surface area contributed by atoms with E-state index in [1.807, 2.05) is 12.1 Å². The SMILES string of the molecule is CC(C)(C)c1ccc(S(=O)(=O)N(C2=NCCCS2)c2ccccc2F)cc1. The molecule has 7 heteroatoms. The maximum atomic E-state index is 14.5. The molecule has 0 atom stereocenters. The number of nitrogens with zero attached hydrogens (tertiary/aromatic N) is 2. The topological polar surface area (TPSA) is 49.7 Å². The van der Waals surface area contributed by atoms with Crippen LogP contribution >= 0.6 is 11.8 Å². The Morgan fingerprint density at radius 1 is 1.07 bits per heavy atom. The van der Waals surface area contributed by atoms with E-state index in [0.717, 1.165) is 22.0 Å². The second-order valence-corrected chi connectivity index (χ2v) is 10.2. The predicted molar refractivity (Wildman–Crippen MR) is 111 cm³/mol. The van der Waals surface area contributed by atoms with Crippen LogP contribution in [0.15, 0.2) is 58.4 Å². The van der Waals surface area contributed by atoms with E-state index in [-0.39, 0.29) is 16.0 Å². The average molecular weight is 407 g/mol. The molecule has 0 radical (unpaired) electrons. The number of halogens is 1. The fourth-order valence-electron chi connectivity index (χ4n) is 2.76. The number of thioether (sulfide) groups is 1. The molecule has 0 saturated heterocycles. The van der Waals surface area contributed by atoms with E-state index in [1.165, 1.54) is 30.0 Å². The van der Waals surface area contributed by atoms with Crippen molar-refractivity contribution in [3.05, 3.63) is 59.9 Å². The molecule has 0 N–H and O–H groups in total. The molecule has 1 aliphatic rings. The van der Waals surface area contributed by atoms with Gasteiger partial charge in [0.25, 0.3) is 10.0 Å². The third-order valence-corrected chi connectivity index (χ3v) is 7.18. The van der Waals surface area contributed by atoms with Crippen LogP contribution in [0.1, 0.15) is 32.8 Å². The van der Waals surface area contributed by atoms with Crippen LogP contribution < -0.4 is 4.31 Å². The van der Waals surface area contributed by atoms with Gasteiger partial charge in [0, 0.05) is 12.3 Å². The number of amidine groups is 1. The van der Waals surface area contributed by atoms with E-state index in [1.54, 1.807) is 18.2 Å². The minimum absolute atomic E-state index is 0.00875. The van der Waals surface area contributed by atoms with Crippen molar-refractivity contribution < 1.29 is 12.8 Å². The highest BCUT2D eigenvalue weighted by Gasteiger charge is 2.32. The van der Waals surface area contributed by atoms with Gasteiger partial charge in [-0.2, -0.15) is 0 Å². The molecule has 2 aromatic rings. The first kappa shape index (κ1) is 19.9. The molecule has 3 rings (SSSR count). The lowest BCUT2D eigenvalue weighted by molar-refractivity contribution is 0.585. The fraction of sp³-hybridized carbons (Fsp3) is 0.350. The van der Waals surface area contributed by atoms with E-state index < -0.39 is 15.8 Å². The summed E-state index contributed by atoms with van der Waals surface area (Å²) in [5.74, 6) is 0.156.